The lowest BCUT2D eigenvalue weighted by Crippen LogP contribution is -2.22. The lowest BCUT2D eigenvalue weighted by atomic mass is 10.1. The van der Waals surface area contributed by atoms with E-state index in [0.717, 1.165) is 22.0 Å². The van der Waals surface area contributed by atoms with Gasteiger partial charge in [0.2, 0.25) is 0 Å². The quantitative estimate of drug-likeness (QED) is 0.486. The Bertz CT molecular complexity index is 1120. The number of carbonyl (C=O) groups excluding carboxylic acids is 1. The summed E-state index contributed by atoms with van der Waals surface area (Å²) in [6, 6.07) is 27.8. The zero-order valence-electron chi connectivity index (χ0n) is 15.4. The molecule has 0 saturated carbocycles. The number of nitrogens with one attached hydrogen (secondary N) is 1. The summed E-state index contributed by atoms with van der Waals surface area (Å²) in [5, 5.41) is 3.94. The van der Waals surface area contributed by atoms with Crippen LogP contribution < -0.4 is 5.32 Å². The Morgan fingerprint density at radius 2 is 1.57 bits per heavy atom. The summed E-state index contributed by atoms with van der Waals surface area (Å²) in [6.45, 7) is 0.493. The fourth-order valence-electron chi connectivity index (χ4n) is 3.00. The summed E-state index contributed by atoms with van der Waals surface area (Å²) in [6.07, 6.45) is 5.92. The Morgan fingerprint density at radius 3 is 2.36 bits per heavy atom. The summed E-state index contributed by atoms with van der Waals surface area (Å²) in [5.41, 5.74) is 4.89. The van der Waals surface area contributed by atoms with Crippen LogP contribution in [-0.4, -0.2) is 10.9 Å². The van der Waals surface area contributed by atoms with Crippen molar-refractivity contribution in [2.45, 2.75) is 6.54 Å². The van der Waals surface area contributed by atoms with Gasteiger partial charge in [-0.25, -0.2) is 0 Å². The second kappa shape index (κ2) is 8.31. The number of fused-ring (bicyclic) bond motifs is 1. The normalized spacial score (nSPS) is 11.0. The third-order valence-corrected chi connectivity index (χ3v) is 4.57. The molecule has 3 heteroatoms. The van der Waals surface area contributed by atoms with Gasteiger partial charge in [-0.05, 0) is 41.0 Å². The molecule has 0 bridgehead atoms. The molecule has 1 amide bonds. The summed E-state index contributed by atoms with van der Waals surface area (Å²) in [5.74, 6) is -0.0844. The zero-order chi connectivity index (χ0) is 19.2. The Labute approximate surface area is 164 Å². The first-order chi connectivity index (χ1) is 13.8. The van der Waals surface area contributed by atoms with E-state index in [1.54, 1.807) is 6.20 Å². The Kier molecular flexibility index (Phi) is 5.25. The fraction of sp³-hybridized carbons (Fsp3) is 0.0400. The summed E-state index contributed by atoms with van der Waals surface area (Å²) >= 11 is 0. The smallest absolute Gasteiger partial charge is 0.251 e. The fourth-order valence-corrected chi connectivity index (χ4v) is 3.00. The number of hydrogen-bond acceptors (Lipinski definition) is 2. The van der Waals surface area contributed by atoms with Crippen molar-refractivity contribution < 1.29 is 4.79 Å². The van der Waals surface area contributed by atoms with Gasteiger partial charge in [0, 0.05) is 23.7 Å². The van der Waals surface area contributed by atoms with Crippen molar-refractivity contribution in [3.05, 3.63) is 113 Å². The number of aromatic nitrogens is 1. The number of amides is 1. The van der Waals surface area contributed by atoms with Crippen LogP contribution in [0.1, 0.15) is 27.0 Å². The molecule has 4 aromatic rings. The highest BCUT2D eigenvalue weighted by Crippen LogP contribution is 2.14. The molecule has 136 valence electrons. The SMILES string of the molecule is O=C(NCc1ccc(/C=C/c2ccccc2)cc1)c1ccc2ncccc2c1. The van der Waals surface area contributed by atoms with Crippen LogP contribution in [-0.2, 0) is 6.54 Å². The summed E-state index contributed by atoms with van der Waals surface area (Å²) < 4.78 is 0. The molecular formula is C25H20N2O. The van der Waals surface area contributed by atoms with E-state index in [4.69, 9.17) is 0 Å². The van der Waals surface area contributed by atoms with Crippen LogP contribution in [0.5, 0.6) is 0 Å². The van der Waals surface area contributed by atoms with Crippen LogP contribution in [0.25, 0.3) is 23.1 Å². The average Bonchev–Trinajstić information content (AvgIpc) is 2.77. The predicted octanol–water partition coefficient (Wildman–Crippen LogP) is 5.34. The Hall–Kier alpha value is -3.72. The Balaban J connectivity index is 1.37. The standard InChI is InChI=1S/C25H20N2O/c28-25(23-14-15-24-22(17-23)7-4-16-26-24)27-18-21-12-10-20(11-13-21)9-8-19-5-2-1-3-6-19/h1-17H,18H2,(H,27,28)/b9-8+. The van der Waals surface area contributed by atoms with Crippen molar-refractivity contribution in [2.75, 3.05) is 0 Å². The molecule has 4 rings (SSSR count). The van der Waals surface area contributed by atoms with Gasteiger partial charge < -0.3 is 5.32 Å². The summed E-state index contributed by atoms with van der Waals surface area (Å²) in [7, 11) is 0. The van der Waals surface area contributed by atoms with E-state index < -0.39 is 0 Å². The van der Waals surface area contributed by atoms with Crippen LogP contribution in [0, 0.1) is 0 Å². The van der Waals surface area contributed by atoms with Crippen molar-refractivity contribution in [3.63, 3.8) is 0 Å². The third kappa shape index (κ3) is 4.33. The third-order valence-electron chi connectivity index (χ3n) is 4.57. The molecule has 0 atom stereocenters. The molecule has 3 aromatic carbocycles. The molecule has 3 nitrogen and oxygen atoms in total. The molecule has 0 aliphatic carbocycles. The maximum absolute atomic E-state index is 12.4. The van der Waals surface area contributed by atoms with Gasteiger partial charge in [-0.3, -0.25) is 9.78 Å². The minimum atomic E-state index is -0.0844. The lowest BCUT2D eigenvalue weighted by molar-refractivity contribution is 0.0951. The largest absolute Gasteiger partial charge is 0.348 e. The molecule has 0 spiro atoms. The molecule has 28 heavy (non-hydrogen) atoms. The zero-order valence-corrected chi connectivity index (χ0v) is 15.4. The topological polar surface area (TPSA) is 42.0 Å². The monoisotopic (exact) mass is 364 g/mol. The van der Waals surface area contributed by atoms with Crippen molar-refractivity contribution in [2.24, 2.45) is 0 Å². The highest BCUT2D eigenvalue weighted by Gasteiger charge is 2.06. The van der Waals surface area contributed by atoms with Gasteiger partial charge in [0.15, 0.2) is 0 Å². The molecule has 0 fully saturated rings. The van der Waals surface area contributed by atoms with Gasteiger partial charge in [0.1, 0.15) is 0 Å². The molecule has 1 N–H and O–H groups in total. The van der Waals surface area contributed by atoms with Crippen LogP contribution in [0.15, 0.2) is 91.1 Å². The van der Waals surface area contributed by atoms with Gasteiger partial charge in [0.25, 0.3) is 5.91 Å². The highest BCUT2D eigenvalue weighted by molar-refractivity contribution is 5.97. The van der Waals surface area contributed by atoms with Crippen molar-refractivity contribution in [1.29, 1.82) is 0 Å². The van der Waals surface area contributed by atoms with E-state index in [9.17, 15) is 4.79 Å². The molecule has 0 radical (unpaired) electrons. The number of pyridine rings is 1. The average molecular weight is 364 g/mol. The van der Waals surface area contributed by atoms with E-state index in [2.05, 4.69) is 46.7 Å². The second-order valence-electron chi connectivity index (χ2n) is 6.58. The minimum absolute atomic E-state index is 0.0844. The maximum atomic E-state index is 12.4. The molecule has 0 aliphatic rings. The van der Waals surface area contributed by atoms with Crippen LogP contribution in [0.2, 0.25) is 0 Å². The van der Waals surface area contributed by atoms with Crippen LogP contribution in [0.4, 0.5) is 0 Å². The van der Waals surface area contributed by atoms with E-state index in [1.807, 2.05) is 60.7 Å². The number of hydrogen-bond donors (Lipinski definition) is 1. The predicted molar refractivity (Wildman–Crippen MR) is 115 cm³/mol. The second-order valence-corrected chi connectivity index (χ2v) is 6.58. The van der Waals surface area contributed by atoms with Gasteiger partial charge in [-0.15, -0.1) is 0 Å². The maximum Gasteiger partial charge on any atom is 0.251 e. The number of carbonyl (C=O) groups is 1. The minimum Gasteiger partial charge on any atom is -0.348 e. The molecule has 1 heterocycles. The molecule has 0 saturated heterocycles. The van der Waals surface area contributed by atoms with E-state index in [0.29, 0.717) is 12.1 Å². The molecule has 0 aliphatic heterocycles. The molecule has 0 unspecified atom stereocenters. The first-order valence-electron chi connectivity index (χ1n) is 9.23. The van der Waals surface area contributed by atoms with Crippen LogP contribution >= 0.6 is 0 Å². The number of nitrogens with zero attached hydrogens (tertiary/aromatic N) is 1. The lowest BCUT2D eigenvalue weighted by Gasteiger charge is -2.07. The Morgan fingerprint density at radius 1 is 0.821 bits per heavy atom. The van der Waals surface area contributed by atoms with Crippen molar-refractivity contribution in [1.82, 2.24) is 10.3 Å². The van der Waals surface area contributed by atoms with Gasteiger partial charge in [-0.1, -0.05) is 72.8 Å². The van der Waals surface area contributed by atoms with Gasteiger partial charge in [-0.2, -0.15) is 0 Å². The van der Waals surface area contributed by atoms with Gasteiger partial charge in [0.05, 0.1) is 5.52 Å². The van der Waals surface area contributed by atoms with Crippen LogP contribution in [0.3, 0.4) is 0 Å². The number of benzene rings is 3. The number of rotatable bonds is 5. The first kappa shape index (κ1) is 17.7. The van der Waals surface area contributed by atoms with E-state index in [-0.39, 0.29) is 5.91 Å². The molecular weight excluding hydrogens is 344 g/mol. The van der Waals surface area contributed by atoms with Gasteiger partial charge >= 0.3 is 0 Å². The van der Waals surface area contributed by atoms with E-state index >= 15 is 0 Å². The van der Waals surface area contributed by atoms with Crippen molar-refractivity contribution >= 4 is 29.0 Å². The highest BCUT2D eigenvalue weighted by atomic mass is 16.1. The van der Waals surface area contributed by atoms with Crippen molar-refractivity contribution in [3.8, 4) is 0 Å². The molecule has 1 aromatic heterocycles. The van der Waals surface area contributed by atoms with E-state index in [1.165, 1.54) is 5.56 Å². The summed E-state index contributed by atoms with van der Waals surface area (Å²) in [4.78, 5) is 16.7. The first-order valence-corrected chi connectivity index (χ1v) is 9.23.